The molecule has 2 unspecified atom stereocenters. The molecule has 6 heteroatoms. The number of ether oxygens (including phenoxy) is 1. The molecule has 0 aliphatic rings. The Morgan fingerprint density at radius 2 is 2.09 bits per heavy atom. The summed E-state index contributed by atoms with van der Waals surface area (Å²) < 4.78 is 16.9. The van der Waals surface area contributed by atoms with Crippen LogP contribution in [0.2, 0.25) is 0 Å². The van der Waals surface area contributed by atoms with Crippen LogP contribution >= 0.6 is 0 Å². The number of aliphatic hydroxyl groups excluding tert-OH is 1. The lowest BCUT2D eigenvalue weighted by molar-refractivity contribution is 0.106. The van der Waals surface area contributed by atoms with Crippen molar-refractivity contribution in [1.29, 1.82) is 5.26 Å². The van der Waals surface area contributed by atoms with Gasteiger partial charge in [0.25, 0.3) is 0 Å². The minimum atomic E-state index is -0.716. The van der Waals surface area contributed by atoms with Gasteiger partial charge in [0.2, 0.25) is 0 Å². The summed E-state index contributed by atoms with van der Waals surface area (Å²) in [6.07, 6.45) is 1.19. The molecule has 0 aliphatic heterocycles. The predicted octanol–water partition coefficient (Wildman–Crippen LogP) is 1.44. The van der Waals surface area contributed by atoms with E-state index in [9.17, 15) is 9.66 Å². The van der Waals surface area contributed by atoms with Gasteiger partial charge in [0, 0.05) is 13.0 Å². The van der Waals surface area contributed by atoms with E-state index in [0.717, 1.165) is 25.1 Å². The molecule has 2 atom stereocenters. The second-order valence-corrected chi connectivity index (χ2v) is 6.70. The van der Waals surface area contributed by atoms with Gasteiger partial charge in [-0.25, -0.2) is 0 Å². The van der Waals surface area contributed by atoms with E-state index in [-0.39, 0.29) is 6.61 Å². The number of nitrogens with zero attached hydrogens (tertiary/aromatic N) is 1. The Bertz CT molecular complexity index is 448. The van der Waals surface area contributed by atoms with E-state index in [4.69, 9.17) is 10.00 Å². The fourth-order valence-electron chi connectivity index (χ4n) is 1.83. The van der Waals surface area contributed by atoms with Crippen molar-refractivity contribution in [2.45, 2.75) is 25.9 Å². The molecule has 0 bridgehead atoms. The van der Waals surface area contributed by atoms with E-state index in [1.165, 1.54) is 0 Å². The van der Waals surface area contributed by atoms with Gasteiger partial charge in [-0.05, 0) is 37.2 Å². The van der Waals surface area contributed by atoms with Gasteiger partial charge in [0.1, 0.15) is 30.0 Å². The third-order valence-corrected chi connectivity index (χ3v) is 4.57. The second-order valence-electron chi connectivity index (χ2n) is 5.01. The standard InChI is InChI=1S/C16H24N2O3S/c1-2-9-22(20)10-3-8-18-12-15(19)13-21-16-6-4-14(11-17)5-7-16/h4-7,15,18-19H,2-3,8-10,12-13H2,1H3. The topological polar surface area (TPSA) is 88.3 Å². The van der Waals surface area contributed by atoms with Crippen molar-refractivity contribution in [3.63, 3.8) is 0 Å². The highest BCUT2D eigenvalue weighted by Crippen LogP contribution is 2.11. The molecule has 1 rings (SSSR count). The summed E-state index contributed by atoms with van der Waals surface area (Å²) in [7, 11) is 0. The summed E-state index contributed by atoms with van der Waals surface area (Å²) in [5.41, 5.74) is 0.579. The highest BCUT2D eigenvalue weighted by molar-refractivity contribution is 7.91. The van der Waals surface area contributed by atoms with Crippen molar-refractivity contribution in [2.24, 2.45) is 0 Å². The van der Waals surface area contributed by atoms with Crippen LogP contribution < -0.4 is 10.1 Å². The zero-order valence-corrected chi connectivity index (χ0v) is 13.8. The van der Waals surface area contributed by atoms with Crippen LogP contribution in [0.4, 0.5) is 0 Å². The molecule has 2 N–H and O–H groups in total. The molecule has 22 heavy (non-hydrogen) atoms. The molecule has 1 aromatic carbocycles. The third kappa shape index (κ3) is 8.25. The van der Waals surface area contributed by atoms with Gasteiger partial charge in [0.15, 0.2) is 0 Å². The summed E-state index contributed by atoms with van der Waals surface area (Å²) in [4.78, 5) is 0. The SMILES string of the molecule is CCC[S+]([O-])CCCNCC(O)COc1ccc(C#N)cc1. The van der Waals surface area contributed by atoms with Crippen molar-refractivity contribution >= 4 is 11.2 Å². The van der Waals surface area contributed by atoms with Crippen LogP contribution in [0.25, 0.3) is 0 Å². The van der Waals surface area contributed by atoms with Crippen molar-refractivity contribution in [3.05, 3.63) is 29.8 Å². The third-order valence-electron chi connectivity index (χ3n) is 2.96. The summed E-state index contributed by atoms with van der Waals surface area (Å²) in [5.74, 6) is 2.10. The van der Waals surface area contributed by atoms with Crippen LogP contribution in [0.1, 0.15) is 25.3 Å². The Balaban J connectivity index is 2.08. The molecule has 0 saturated carbocycles. The fourth-order valence-corrected chi connectivity index (χ4v) is 2.96. The number of nitriles is 1. The maximum atomic E-state index is 11.4. The summed E-state index contributed by atoms with van der Waals surface area (Å²) in [6, 6.07) is 8.81. The van der Waals surface area contributed by atoms with Gasteiger partial charge in [-0.1, -0.05) is 18.1 Å². The van der Waals surface area contributed by atoms with Crippen LogP contribution in [-0.2, 0) is 11.2 Å². The second kappa shape index (κ2) is 11.3. The van der Waals surface area contributed by atoms with Crippen molar-refractivity contribution < 1.29 is 14.4 Å². The first-order valence-electron chi connectivity index (χ1n) is 7.52. The fraction of sp³-hybridized carbons (Fsp3) is 0.562. The Morgan fingerprint density at radius 1 is 1.36 bits per heavy atom. The maximum Gasteiger partial charge on any atom is 0.119 e. The van der Waals surface area contributed by atoms with Gasteiger partial charge in [0.05, 0.1) is 11.6 Å². The van der Waals surface area contributed by atoms with Crippen molar-refractivity contribution in [3.8, 4) is 11.8 Å². The van der Waals surface area contributed by atoms with E-state index in [2.05, 4.69) is 5.32 Å². The highest BCUT2D eigenvalue weighted by atomic mass is 32.2. The van der Waals surface area contributed by atoms with Crippen LogP contribution in [0.15, 0.2) is 24.3 Å². The first kappa shape index (κ1) is 18.8. The number of benzene rings is 1. The first-order valence-corrected chi connectivity index (χ1v) is 9.01. The van der Waals surface area contributed by atoms with Crippen LogP contribution in [0.3, 0.4) is 0 Å². The Labute approximate surface area is 135 Å². The number of nitrogens with one attached hydrogen (secondary N) is 1. The van der Waals surface area contributed by atoms with E-state index in [1.54, 1.807) is 24.3 Å². The molecule has 1 aromatic rings. The molecular weight excluding hydrogens is 300 g/mol. The quantitative estimate of drug-likeness (QED) is 0.475. The maximum absolute atomic E-state index is 11.4. The summed E-state index contributed by atoms with van der Waals surface area (Å²) in [6.45, 7) is 3.40. The monoisotopic (exact) mass is 324 g/mol. The lowest BCUT2D eigenvalue weighted by Gasteiger charge is -2.14. The molecule has 0 saturated heterocycles. The normalized spacial score (nSPS) is 13.4. The molecule has 0 aromatic heterocycles. The van der Waals surface area contributed by atoms with Crippen molar-refractivity contribution in [2.75, 3.05) is 31.2 Å². The van der Waals surface area contributed by atoms with Crippen LogP contribution in [0, 0.1) is 11.3 Å². The lowest BCUT2D eigenvalue weighted by Crippen LogP contribution is -2.32. The highest BCUT2D eigenvalue weighted by Gasteiger charge is 2.06. The molecule has 0 amide bonds. The van der Waals surface area contributed by atoms with Gasteiger partial charge < -0.3 is 19.7 Å². The molecule has 0 spiro atoms. The van der Waals surface area contributed by atoms with E-state index in [0.29, 0.717) is 23.6 Å². The number of aliphatic hydroxyl groups is 1. The Kier molecular flexibility index (Phi) is 9.67. The molecule has 0 radical (unpaired) electrons. The minimum absolute atomic E-state index is 0.195. The first-order chi connectivity index (χ1) is 10.7. The summed E-state index contributed by atoms with van der Waals surface area (Å²) >= 11 is -0.716. The van der Waals surface area contributed by atoms with Crippen molar-refractivity contribution in [1.82, 2.24) is 5.32 Å². The summed E-state index contributed by atoms with van der Waals surface area (Å²) in [5, 5.41) is 21.6. The van der Waals surface area contributed by atoms with Gasteiger partial charge in [-0.15, -0.1) is 0 Å². The zero-order chi connectivity index (χ0) is 16.2. The van der Waals surface area contributed by atoms with Gasteiger partial charge in [-0.3, -0.25) is 0 Å². The average molecular weight is 324 g/mol. The lowest BCUT2D eigenvalue weighted by atomic mass is 10.2. The molecule has 122 valence electrons. The minimum Gasteiger partial charge on any atom is -0.616 e. The van der Waals surface area contributed by atoms with Gasteiger partial charge in [-0.2, -0.15) is 5.26 Å². The predicted molar refractivity (Wildman–Crippen MR) is 88.3 cm³/mol. The smallest absolute Gasteiger partial charge is 0.119 e. The molecule has 5 nitrogen and oxygen atoms in total. The van der Waals surface area contributed by atoms with Crippen LogP contribution in [0.5, 0.6) is 5.75 Å². The largest absolute Gasteiger partial charge is 0.616 e. The number of hydrogen-bond acceptors (Lipinski definition) is 5. The van der Waals surface area contributed by atoms with E-state index < -0.39 is 17.3 Å². The average Bonchev–Trinajstić information content (AvgIpc) is 2.53. The number of hydrogen-bond donors (Lipinski definition) is 2. The van der Waals surface area contributed by atoms with Crippen LogP contribution in [-0.4, -0.2) is 47.0 Å². The van der Waals surface area contributed by atoms with E-state index in [1.807, 2.05) is 13.0 Å². The Morgan fingerprint density at radius 3 is 2.73 bits per heavy atom. The molecule has 0 aliphatic carbocycles. The van der Waals surface area contributed by atoms with E-state index >= 15 is 0 Å². The zero-order valence-electron chi connectivity index (χ0n) is 13.0. The molecular formula is C16H24N2O3S. The van der Waals surface area contributed by atoms with Gasteiger partial charge >= 0.3 is 0 Å². The molecule has 0 fully saturated rings. The Hall–Kier alpha value is -1.26. The number of rotatable bonds is 11. The molecule has 0 heterocycles.